The molecule has 0 unspecified atom stereocenters. The zero-order valence-corrected chi connectivity index (χ0v) is 15.4. The molecule has 0 atom stereocenters. The number of likely N-dealkylation sites (N-methyl/N-ethyl adjacent to an activating group) is 1. The predicted molar refractivity (Wildman–Crippen MR) is 94.6 cm³/mol. The van der Waals surface area contributed by atoms with Crippen molar-refractivity contribution >= 4 is 18.3 Å². The Morgan fingerprint density at radius 1 is 1.32 bits per heavy atom. The number of hydrogen-bond donors (Lipinski definition) is 1. The average Bonchev–Trinajstić information content (AvgIpc) is 2.55. The SMILES string of the molecule is CN(C)C(=O)CNCCc1cccc(OCCCC(F)(F)CF)c1.Cl. The Kier molecular flexibility index (Phi) is 11.3. The Bertz CT molecular complexity index is 516. The number of amides is 1. The highest BCUT2D eigenvalue weighted by atomic mass is 35.5. The molecule has 0 fully saturated rings. The summed E-state index contributed by atoms with van der Waals surface area (Å²) in [6, 6.07) is 7.34. The number of carbonyl (C=O) groups excluding carboxylic acids is 1. The van der Waals surface area contributed by atoms with E-state index in [1.165, 1.54) is 4.90 Å². The number of nitrogens with one attached hydrogen (secondary N) is 1. The number of hydrogen-bond acceptors (Lipinski definition) is 3. The minimum atomic E-state index is -3.26. The second kappa shape index (κ2) is 12.0. The monoisotopic (exact) mass is 382 g/mol. The van der Waals surface area contributed by atoms with Gasteiger partial charge in [-0.2, -0.15) is 0 Å². The third-order valence-corrected chi connectivity index (χ3v) is 3.42. The molecule has 1 rings (SSSR count). The van der Waals surface area contributed by atoms with Gasteiger partial charge >= 0.3 is 0 Å². The molecule has 1 aromatic carbocycles. The van der Waals surface area contributed by atoms with Crippen molar-refractivity contribution in [3.05, 3.63) is 29.8 Å². The second-order valence-electron chi connectivity index (χ2n) is 5.80. The highest BCUT2D eigenvalue weighted by Gasteiger charge is 2.27. The van der Waals surface area contributed by atoms with Gasteiger partial charge in [0.1, 0.15) is 5.75 Å². The number of rotatable bonds is 11. The maximum Gasteiger partial charge on any atom is 0.276 e. The number of benzene rings is 1. The van der Waals surface area contributed by atoms with Gasteiger partial charge in [-0.15, -0.1) is 12.4 Å². The summed E-state index contributed by atoms with van der Waals surface area (Å²) in [6.45, 7) is -0.585. The molecule has 0 bridgehead atoms. The molecule has 25 heavy (non-hydrogen) atoms. The topological polar surface area (TPSA) is 41.6 Å². The lowest BCUT2D eigenvalue weighted by molar-refractivity contribution is -0.127. The molecule has 1 N–H and O–H groups in total. The summed E-state index contributed by atoms with van der Waals surface area (Å²) in [4.78, 5) is 12.9. The van der Waals surface area contributed by atoms with Crippen molar-refractivity contribution in [3.63, 3.8) is 0 Å². The smallest absolute Gasteiger partial charge is 0.276 e. The van der Waals surface area contributed by atoms with Crippen molar-refractivity contribution in [1.82, 2.24) is 10.2 Å². The van der Waals surface area contributed by atoms with Crippen molar-refractivity contribution in [2.45, 2.75) is 25.2 Å². The number of carbonyl (C=O) groups is 1. The minimum Gasteiger partial charge on any atom is -0.494 e. The second-order valence-corrected chi connectivity index (χ2v) is 5.80. The van der Waals surface area contributed by atoms with Gasteiger partial charge in [-0.25, -0.2) is 13.2 Å². The van der Waals surface area contributed by atoms with Crippen LogP contribution >= 0.6 is 12.4 Å². The molecule has 1 aromatic rings. The number of nitrogens with zero attached hydrogens (tertiary/aromatic N) is 1. The zero-order chi connectivity index (χ0) is 18.0. The Labute approximate surface area is 153 Å². The van der Waals surface area contributed by atoms with Gasteiger partial charge in [0.15, 0.2) is 6.67 Å². The van der Waals surface area contributed by atoms with Gasteiger partial charge in [0.05, 0.1) is 13.2 Å². The van der Waals surface area contributed by atoms with Gasteiger partial charge in [-0.1, -0.05) is 12.1 Å². The molecule has 144 valence electrons. The summed E-state index contributed by atoms with van der Waals surface area (Å²) in [6.07, 6.45) is 0.292. The fourth-order valence-corrected chi connectivity index (χ4v) is 1.96. The van der Waals surface area contributed by atoms with Gasteiger partial charge in [0.25, 0.3) is 5.92 Å². The van der Waals surface area contributed by atoms with Crippen LogP contribution in [0.3, 0.4) is 0 Å². The number of halogens is 4. The van der Waals surface area contributed by atoms with Crippen LogP contribution in [0.5, 0.6) is 5.75 Å². The minimum absolute atomic E-state index is 0. The van der Waals surface area contributed by atoms with Crippen molar-refractivity contribution in [1.29, 1.82) is 0 Å². The fourth-order valence-electron chi connectivity index (χ4n) is 1.96. The van der Waals surface area contributed by atoms with Gasteiger partial charge in [-0.05, 0) is 37.1 Å². The van der Waals surface area contributed by atoms with E-state index in [0.717, 1.165) is 12.0 Å². The lowest BCUT2D eigenvalue weighted by Crippen LogP contribution is -2.33. The molecule has 0 aromatic heterocycles. The molecule has 0 radical (unpaired) electrons. The van der Waals surface area contributed by atoms with E-state index < -0.39 is 19.0 Å². The Morgan fingerprint density at radius 2 is 2.04 bits per heavy atom. The Morgan fingerprint density at radius 3 is 2.68 bits per heavy atom. The Hall–Kier alpha value is -1.47. The van der Waals surface area contributed by atoms with Gasteiger partial charge in [0.2, 0.25) is 5.91 Å². The summed E-state index contributed by atoms with van der Waals surface area (Å²) >= 11 is 0. The summed E-state index contributed by atoms with van der Waals surface area (Å²) in [5.74, 6) is -2.65. The van der Waals surface area contributed by atoms with Gasteiger partial charge in [0, 0.05) is 20.5 Å². The number of ether oxygens (including phenoxy) is 1. The Balaban J connectivity index is 0.00000576. The first-order valence-electron chi connectivity index (χ1n) is 7.90. The summed E-state index contributed by atoms with van der Waals surface area (Å²) in [5, 5.41) is 3.06. The van der Waals surface area contributed by atoms with Crippen LogP contribution in [-0.2, 0) is 11.2 Å². The van der Waals surface area contributed by atoms with Crippen LogP contribution in [0.1, 0.15) is 18.4 Å². The van der Waals surface area contributed by atoms with Gasteiger partial charge in [-0.3, -0.25) is 4.79 Å². The molecule has 8 heteroatoms. The third kappa shape index (κ3) is 10.2. The van der Waals surface area contributed by atoms with E-state index >= 15 is 0 Å². The zero-order valence-electron chi connectivity index (χ0n) is 14.6. The van der Waals surface area contributed by atoms with Crippen LogP contribution < -0.4 is 10.1 Å². The molecular weight excluding hydrogens is 357 g/mol. The molecule has 0 saturated carbocycles. The summed E-state index contributed by atoms with van der Waals surface area (Å²) < 4.78 is 42.9. The summed E-state index contributed by atoms with van der Waals surface area (Å²) in [5.41, 5.74) is 1.02. The maximum atomic E-state index is 12.8. The molecule has 0 aliphatic carbocycles. The first-order valence-corrected chi connectivity index (χ1v) is 7.90. The molecule has 0 heterocycles. The molecule has 4 nitrogen and oxygen atoms in total. The fraction of sp³-hybridized carbons (Fsp3) is 0.588. The van der Waals surface area contributed by atoms with Crippen molar-refractivity contribution in [2.75, 3.05) is 40.5 Å². The molecule has 0 aliphatic rings. The largest absolute Gasteiger partial charge is 0.494 e. The van der Waals surface area contributed by atoms with E-state index in [9.17, 15) is 18.0 Å². The van der Waals surface area contributed by atoms with Crippen LogP contribution in [-0.4, -0.2) is 57.2 Å². The van der Waals surface area contributed by atoms with Gasteiger partial charge < -0.3 is 15.0 Å². The van der Waals surface area contributed by atoms with E-state index in [0.29, 0.717) is 12.3 Å². The highest BCUT2D eigenvalue weighted by Crippen LogP contribution is 2.21. The molecule has 1 amide bonds. The predicted octanol–water partition coefficient (Wildman–Crippen LogP) is 3.09. The van der Waals surface area contributed by atoms with E-state index in [1.54, 1.807) is 20.2 Å². The summed E-state index contributed by atoms with van der Waals surface area (Å²) in [7, 11) is 3.41. The van der Waals surface area contributed by atoms with E-state index in [2.05, 4.69) is 5.32 Å². The van der Waals surface area contributed by atoms with Crippen molar-refractivity contribution < 1.29 is 22.7 Å². The van der Waals surface area contributed by atoms with E-state index in [4.69, 9.17) is 4.74 Å². The van der Waals surface area contributed by atoms with Crippen LogP contribution in [0.2, 0.25) is 0 Å². The molecule has 0 saturated heterocycles. The quantitative estimate of drug-likeness (QED) is 0.598. The lowest BCUT2D eigenvalue weighted by atomic mass is 10.1. The first kappa shape index (κ1) is 23.5. The standard InChI is InChI=1S/C17H25F3N2O2.ClH/c1-22(2)16(23)12-21-9-7-14-5-3-6-15(11-14)24-10-4-8-17(19,20)13-18;/h3,5-6,11,21H,4,7-10,12-13H2,1-2H3;1H. The highest BCUT2D eigenvalue weighted by molar-refractivity contribution is 5.85. The maximum absolute atomic E-state index is 12.8. The third-order valence-electron chi connectivity index (χ3n) is 3.42. The normalized spacial score (nSPS) is 10.9. The molecule has 0 aliphatic heterocycles. The van der Waals surface area contributed by atoms with Crippen molar-refractivity contribution in [3.8, 4) is 5.75 Å². The number of alkyl halides is 3. The lowest BCUT2D eigenvalue weighted by Gasteiger charge is -2.13. The molecular formula is C17H26ClF3N2O2. The van der Waals surface area contributed by atoms with Crippen LogP contribution in [0.15, 0.2) is 24.3 Å². The average molecular weight is 383 g/mol. The van der Waals surface area contributed by atoms with Crippen LogP contribution in [0.25, 0.3) is 0 Å². The molecule has 0 spiro atoms. The van der Waals surface area contributed by atoms with E-state index in [-0.39, 0.29) is 37.9 Å². The first-order chi connectivity index (χ1) is 11.3. The van der Waals surface area contributed by atoms with E-state index in [1.807, 2.05) is 18.2 Å². The van der Waals surface area contributed by atoms with Crippen LogP contribution in [0.4, 0.5) is 13.2 Å². The van der Waals surface area contributed by atoms with Crippen LogP contribution in [0, 0.1) is 0 Å². The van der Waals surface area contributed by atoms with Crippen molar-refractivity contribution in [2.24, 2.45) is 0 Å².